The molecule has 0 aliphatic carbocycles. The van der Waals surface area contributed by atoms with Crippen LogP contribution in [0.2, 0.25) is 0 Å². The molecule has 5 nitrogen and oxygen atoms in total. The van der Waals surface area contributed by atoms with Gasteiger partial charge in [-0.15, -0.1) is 0 Å². The van der Waals surface area contributed by atoms with Crippen molar-refractivity contribution in [1.82, 2.24) is 10.9 Å². The van der Waals surface area contributed by atoms with E-state index in [1.165, 1.54) is 0 Å². The highest BCUT2D eigenvalue weighted by Crippen LogP contribution is 2.32. The van der Waals surface area contributed by atoms with Crippen molar-refractivity contribution < 1.29 is 9.90 Å². The molecule has 0 spiro atoms. The van der Waals surface area contributed by atoms with E-state index < -0.39 is 0 Å². The first kappa shape index (κ1) is 17.5. The normalized spacial score (nSPS) is 19.8. The summed E-state index contributed by atoms with van der Waals surface area (Å²) in [5, 5.41) is 13.3. The Morgan fingerprint density at radius 1 is 1.04 bits per heavy atom. The van der Waals surface area contributed by atoms with Gasteiger partial charge in [-0.25, -0.2) is 10.9 Å². The van der Waals surface area contributed by atoms with E-state index in [4.69, 9.17) is 0 Å². The van der Waals surface area contributed by atoms with Gasteiger partial charge in [0.25, 0.3) is 0 Å². The number of nitrogens with one attached hydrogen (secondary N) is 3. The van der Waals surface area contributed by atoms with Crippen LogP contribution >= 0.6 is 0 Å². The van der Waals surface area contributed by atoms with Crippen molar-refractivity contribution >= 4 is 11.6 Å². The number of amides is 1. The summed E-state index contributed by atoms with van der Waals surface area (Å²) in [6.07, 6.45) is 0.576. The fourth-order valence-electron chi connectivity index (χ4n) is 3.26. The molecule has 1 aliphatic heterocycles. The summed E-state index contributed by atoms with van der Waals surface area (Å²) in [5.74, 6) is 0.189. The van der Waals surface area contributed by atoms with Crippen LogP contribution in [-0.4, -0.2) is 17.1 Å². The summed E-state index contributed by atoms with van der Waals surface area (Å²) in [4.78, 5) is 12.6. The Morgan fingerprint density at radius 2 is 1.68 bits per heavy atom. The van der Waals surface area contributed by atoms with E-state index in [0.29, 0.717) is 6.42 Å². The SMILES string of the molecule is Cc1cc(O)c(C2CC(C(=O)Nc3c(C)cccc3C)NN2)cc1C. The first-order valence-electron chi connectivity index (χ1n) is 8.55. The number of anilines is 1. The predicted octanol–water partition coefficient (Wildman–Crippen LogP) is 3.17. The van der Waals surface area contributed by atoms with E-state index in [9.17, 15) is 9.90 Å². The maximum atomic E-state index is 12.6. The molecule has 1 saturated heterocycles. The largest absolute Gasteiger partial charge is 0.508 e. The fourth-order valence-corrected chi connectivity index (χ4v) is 3.26. The Balaban J connectivity index is 1.73. The van der Waals surface area contributed by atoms with Crippen LogP contribution in [0.15, 0.2) is 30.3 Å². The molecule has 0 saturated carbocycles. The zero-order valence-electron chi connectivity index (χ0n) is 15.1. The number of phenols is 1. The Hall–Kier alpha value is -2.37. The number of benzene rings is 2. The molecule has 5 heteroatoms. The summed E-state index contributed by atoms with van der Waals surface area (Å²) >= 11 is 0. The lowest BCUT2D eigenvalue weighted by molar-refractivity contribution is -0.117. The molecule has 2 atom stereocenters. The molecule has 1 heterocycles. The first-order chi connectivity index (χ1) is 11.9. The van der Waals surface area contributed by atoms with Gasteiger partial charge in [-0.05, 0) is 62.4 Å². The number of hydrogen-bond donors (Lipinski definition) is 4. The van der Waals surface area contributed by atoms with Crippen molar-refractivity contribution in [2.45, 2.75) is 46.2 Å². The molecule has 0 radical (unpaired) electrons. The van der Waals surface area contributed by atoms with Crippen molar-refractivity contribution in [1.29, 1.82) is 0 Å². The second kappa shape index (κ2) is 6.86. The molecule has 0 aromatic heterocycles. The van der Waals surface area contributed by atoms with E-state index in [2.05, 4.69) is 16.2 Å². The van der Waals surface area contributed by atoms with Crippen LogP contribution in [0.5, 0.6) is 5.75 Å². The van der Waals surface area contributed by atoms with Crippen LogP contribution in [-0.2, 0) is 4.79 Å². The van der Waals surface area contributed by atoms with Gasteiger partial charge in [0.15, 0.2) is 0 Å². The minimum absolute atomic E-state index is 0.0734. The van der Waals surface area contributed by atoms with E-state index >= 15 is 0 Å². The first-order valence-corrected chi connectivity index (χ1v) is 8.55. The lowest BCUT2D eigenvalue weighted by Crippen LogP contribution is -2.39. The maximum absolute atomic E-state index is 12.6. The topological polar surface area (TPSA) is 73.4 Å². The number of carbonyl (C=O) groups is 1. The zero-order valence-corrected chi connectivity index (χ0v) is 15.1. The van der Waals surface area contributed by atoms with Gasteiger partial charge in [0, 0.05) is 11.3 Å². The van der Waals surface area contributed by atoms with Gasteiger partial charge in [-0.3, -0.25) is 4.79 Å². The van der Waals surface area contributed by atoms with Gasteiger partial charge >= 0.3 is 0 Å². The van der Waals surface area contributed by atoms with Crippen LogP contribution in [0.4, 0.5) is 5.69 Å². The summed E-state index contributed by atoms with van der Waals surface area (Å²) in [6, 6.07) is 9.25. The lowest BCUT2D eigenvalue weighted by atomic mass is 9.96. The summed E-state index contributed by atoms with van der Waals surface area (Å²) in [7, 11) is 0. The number of hydrazine groups is 1. The number of para-hydroxylation sites is 1. The highest BCUT2D eigenvalue weighted by atomic mass is 16.3. The quantitative estimate of drug-likeness (QED) is 0.693. The second-order valence-electron chi connectivity index (χ2n) is 6.88. The average Bonchev–Trinajstić information content (AvgIpc) is 3.04. The number of carbonyl (C=O) groups excluding carboxylic acids is 1. The monoisotopic (exact) mass is 339 g/mol. The molecular formula is C20H25N3O2. The minimum atomic E-state index is -0.356. The Morgan fingerprint density at radius 3 is 2.36 bits per heavy atom. The van der Waals surface area contributed by atoms with Gasteiger partial charge in [-0.2, -0.15) is 0 Å². The highest BCUT2D eigenvalue weighted by molar-refractivity contribution is 5.96. The third kappa shape index (κ3) is 3.52. The third-order valence-electron chi connectivity index (χ3n) is 4.97. The minimum Gasteiger partial charge on any atom is -0.508 e. The molecule has 2 unspecified atom stereocenters. The smallest absolute Gasteiger partial charge is 0.242 e. The van der Waals surface area contributed by atoms with Gasteiger partial charge in [0.2, 0.25) is 5.91 Å². The number of aryl methyl sites for hydroxylation is 4. The van der Waals surface area contributed by atoms with E-state index in [0.717, 1.165) is 33.5 Å². The summed E-state index contributed by atoms with van der Waals surface area (Å²) < 4.78 is 0. The molecule has 3 rings (SSSR count). The van der Waals surface area contributed by atoms with Crippen molar-refractivity contribution in [2.24, 2.45) is 0 Å². The van der Waals surface area contributed by atoms with Gasteiger partial charge in [0.05, 0.1) is 6.04 Å². The Labute approximate surface area is 148 Å². The molecule has 2 aromatic rings. The molecule has 1 aliphatic rings. The number of rotatable bonds is 3. The van der Waals surface area contributed by atoms with Crippen molar-refractivity contribution in [3.8, 4) is 5.75 Å². The van der Waals surface area contributed by atoms with Crippen LogP contribution in [0.3, 0.4) is 0 Å². The van der Waals surface area contributed by atoms with E-state index in [1.807, 2.05) is 52.0 Å². The molecule has 132 valence electrons. The molecule has 0 bridgehead atoms. The number of hydrogen-bond acceptors (Lipinski definition) is 4. The highest BCUT2D eigenvalue weighted by Gasteiger charge is 2.32. The molecule has 4 N–H and O–H groups in total. The van der Waals surface area contributed by atoms with E-state index in [1.54, 1.807) is 6.07 Å². The molecule has 2 aromatic carbocycles. The van der Waals surface area contributed by atoms with Gasteiger partial charge < -0.3 is 10.4 Å². The zero-order chi connectivity index (χ0) is 18.1. The van der Waals surface area contributed by atoms with Crippen LogP contribution in [0, 0.1) is 27.7 Å². The summed E-state index contributed by atoms with van der Waals surface area (Å²) in [5.41, 5.74) is 12.1. The third-order valence-corrected chi connectivity index (χ3v) is 4.97. The predicted molar refractivity (Wildman–Crippen MR) is 99.5 cm³/mol. The Bertz CT molecular complexity index is 797. The van der Waals surface area contributed by atoms with Crippen molar-refractivity contribution in [2.75, 3.05) is 5.32 Å². The van der Waals surface area contributed by atoms with Gasteiger partial charge in [-0.1, -0.05) is 24.3 Å². The second-order valence-corrected chi connectivity index (χ2v) is 6.88. The Kier molecular flexibility index (Phi) is 4.79. The van der Waals surface area contributed by atoms with Gasteiger partial charge in [0.1, 0.15) is 11.8 Å². The number of aromatic hydroxyl groups is 1. The summed E-state index contributed by atoms with van der Waals surface area (Å²) in [6.45, 7) is 7.96. The number of phenolic OH excluding ortho intramolecular Hbond substituents is 1. The van der Waals surface area contributed by atoms with Crippen LogP contribution in [0.25, 0.3) is 0 Å². The van der Waals surface area contributed by atoms with Crippen molar-refractivity contribution in [3.05, 3.63) is 58.1 Å². The molecule has 25 heavy (non-hydrogen) atoms. The molecule has 1 amide bonds. The fraction of sp³-hybridized carbons (Fsp3) is 0.350. The average molecular weight is 339 g/mol. The lowest BCUT2D eigenvalue weighted by Gasteiger charge is -2.15. The molecular weight excluding hydrogens is 314 g/mol. The van der Waals surface area contributed by atoms with Crippen LogP contribution < -0.4 is 16.2 Å². The van der Waals surface area contributed by atoms with Crippen molar-refractivity contribution in [3.63, 3.8) is 0 Å². The standard InChI is InChI=1S/C20H25N3O2/c1-11-6-5-7-12(2)19(11)21-20(25)17-10-16(22-23-17)15-8-13(3)14(4)9-18(15)24/h5-9,16-17,22-24H,10H2,1-4H3,(H,21,25). The maximum Gasteiger partial charge on any atom is 0.242 e. The van der Waals surface area contributed by atoms with E-state index in [-0.39, 0.29) is 23.7 Å². The van der Waals surface area contributed by atoms with Crippen LogP contribution in [0.1, 0.15) is 40.3 Å². The molecule has 1 fully saturated rings.